The van der Waals surface area contributed by atoms with E-state index < -0.39 is 11.7 Å². The van der Waals surface area contributed by atoms with Crippen molar-refractivity contribution in [1.82, 2.24) is 4.90 Å². The number of rotatable bonds is 19. The minimum atomic E-state index is -4.38. The van der Waals surface area contributed by atoms with Gasteiger partial charge in [-0.3, -0.25) is 4.79 Å². The minimum Gasteiger partial charge on any atom is -0.339 e. The Morgan fingerprint density at radius 1 is 0.636 bits per heavy atom. The first-order valence-electron chi connectivity index (χ1n) is 13.4. The molecule has 0 bridgehead atoms. The van der Waals surface area contributed by atoms with E-state index in [4.69, 9.17) is 0 Å². The van der Waals surface area contributed by atoms with Crippen molar-refractivity contribution in [2.45, 2.75) is 123 Å². The average molecular weight is 470 g/mol. The molecule has 0 saturated carbocycles. The Labute approximate surface area is 200 Å². The van der Waals surface area contributed by atoms with Gasteiger partial charge in [-0.15, -0.1) is 0 Å². The molecule has 2 nitrogen and oxygen atoms in total. The molecule has 0 aliphatic heterocycles. The Bertz CT molecular complexity index is 613. The second-order valence-electron chi connectivity index (χ2n) is 9.32. The van der Waals surface area contributed by atoms with Crippen LogP contribution in [0.15, 0.2) is 24.3 Å². The molecule has 0 atom stereocenters. The first-order valence-corrected chi connectivity index (χ1v) is 13.4. The summed E-state index contributed by atoms with van der Waals surface area (Å²) in [4.78, 5) is 14.6. The predicted molar refractivity (Wildman–Crippen MR) is 133 cm³/mol. The maximum atomic E-state index is 12.8. The van der Waals surface area contributed by atoms with Crippen LogP contribution in [0.25, 0.3) is 0 Å². The summed E-state index contributed by atoms with van der Waals surface area (Å²) >= 11 is 0. The van der Waals surface area contributed by atoms with Crippen LogP contribution in [0.1, 0.15) is 133 Å². The summed E-state index contributed by atoms with van der Waals surface area (Å²) in [5, 5.41) is 0. The van der Waals surface area contributed by atoms with E-state index in [2.05, 4.69) is 13.8 Å². The quantitative estimate of drug-likeness (QED) is 0.185. The fraction of sp³-hybridized carbons (Fsp3) is 0.750. The number of amides is 1. The molecule has 0 spiro atoms. The molecule has 0 unspecified atom stereocenters. The zero-order valence-electron chi connectivity index (χ0n) is 21.0. The molecule has 0 fully saturated rings. The number of hydrogen-bond donors (Lipinski definition) is 0. The third-order valence-electron chi connectivity index (χ3n) is 6.31. The van der Waals surface area contributed by atoms with E-state index in [-0.39, 0.29) is 5.91 Å². The number of alkyl halides is 3. The van der Waals surface area contributed by atoms with Gasteiger partial charge in [0.25, 0.3) is 5.91 Å². The first-order chi connectivity index (χ1) is 15.9. The zero-order valence-corrected chi connectivity index (χ0v) is 21.0. The van der Waals surface area contributed by atoms with Crippen molar-refractivity contribution in [3.63, 3.8) is 0 Å². The highest BCUT2D eigenvalue weighted by molar-refractivity contribution is 5.94. The van der Waals surface area contributed by atoms with Crippen LogP contribution in [0.3, 0.4) is 0 Å². The van der Waals surface area contributed by atoms with Gasteiger partial charge in [-0.1, -0.05) is 104 Å². The lowest BCUT2D eigenvalue weighted by Gasteiger charge is -2.23. The molecule has 0 aliphatic carbocycles. The van der Waals surface area contributed by atoms with Gasteiger partial charge in [-0.2, -0.15) is 13.2 Å². The summed E-state index contributed by atoms with van der Waals surface area (Å²) in [6.07, 6.45) is 15.6. The topological polar surface area (TPSA) is 20.3 Å². The van der Waals surface area contributed by atoms with Gasteiger partial charge in [0.05, 0.1) is 5.56 Å². The van der Waals surface area contributed by atoms with Crippen molar-refractivity contribution in [2.75, 3.05) is 13.1 Å². The Balaban J connectivity index is 2.22. The maximum absolute atomic E-state index is 12.8. The molecule has 1 rings (SSSR count). The largest absolute Gasteiger partial charge is 0.416 e. The first kappa shape index (κ1) is 29.5. The maximum Gasteiger partial charge on any atom is 0.416 e. The van der Waals surface area contributed by atoms with Gasteiger partial charge in [-0.25, -0.2) is 0 Å². The van der Waals surface area contributed by atoms with Gasteiger partial charge in [-0.05, 0) is 37.1 Å². The number of carbonyl (C=O) groups is 1. The molecule has 0 heterocycles. The molecule has 1 aromatic rings. The number of halogens is 3. The van der Waals surface area contributed by atoms with Gasteiger partial charge in [0, 0.05) is 18.7 Å². The molecule has 0 N–H and O–H groups in total. The lowest BCUT2D eigenvalue weighted by atomic mass is 10.0. The van der Waals surface area contributed by atoms with Crippen molar-refractivity contribution in [3.05, 3.63) is 35.4 Å². The highest BCUT2D eigenvalue weighted by atomic mass is 19.4. The Kier molecular flexibility index (Phi) is 16.0. The van der Waals surface area contributed by atoms with Gasteiger partial charge in [0.1, 0.15) is 0 Å². The van der Waals surface area contributed by atoms with Crippen molar-refractivity contribution in [2.24, 2.45) is 0 Å². The molecule has 33 heavy (non-hydrogen) atoms. The molecule has 0 radical (unpaired) electrons. The van der Waals surface area contributed by atoms with E-state index in [1.165, 1.54) is 89.2 Å². The van der Waals surface area contributed by atoms with Crippen molar-refractivity contribution < 1.29 is 18.0 Å². The van der Waals surface area contributed by atoms with Crippen LogP contribution in [0.5, 0.6) is 0 Å². The summed E-state index contributed by atoms with van der Waals surface area (Å²) in [5.74, 6) is -0.160. The molecule has 0 aliphatic rings. The Morgan fingerprint density at radius 3 is 1.45 bits per heavy atom. The molecular weight excluding hydrogens is 423 g/mol. The summed E-state index contributed by atoms with van der Waals surface area (Å²) < 4.78 is 38.3. The standard InChI is InChI=1S/C28H46F3NO/c1-3-5-7-8-9-10-11-12-13-14-15-16-17-18-24-32(23-6-4-2)27(33)25-19-21-26(22-20-25)28(29,30)31/h19-22H,3-18,23-24H2,1-2H3. The van der Waals surface area contributed by atoms with Crippen molar-refractivity contribution in [3.8, 4) is 0 Å². The zero-order chi connectivity index (χ0) is 24.4. The predicted octanol–water partition coefficient (Wildman–Crippen LogP) is 9.43. The highest BCUT2D eigenvalue weighted by Gasteiger charge is 2.30. The number of benzene rings is 1. The molecule has 0 aromatic heterocycles. The number of nitrogens with zero attached hydrogens (tertiary/aromatic N) is 1. The van der Waals surface area contributed by atoms with E-state index in [0.717, 1.165) is 37.8 Å². The number of carbonyl (C=O) groups excluding carboxylic acids is 1. The fourth-order valence-corrected chi connectivity index (χ4v) is 4.15. The lowest BCUT2D eigenvalue weighted by Crippen LogP contribution is -2.33. The lowest BCUT2D eigenvalue weighted by molar-refractivity contribution is -0.137. The van der Waals surface area contributed by atoms with Crippen LogP contribution in [-0.4, -0.2) is 23.9 Å². The Morgan fingerprint density at radius 2 is 1.03 bits per heavy atom. The molecular formula is C28H46F3NO. The van der Waals surface area contributed by atoms with Crippen molar-refractivity contribution in [1.29, 1.82) is 0 Å². The Hall–Kier alpha value is -1.52. The molecule has 190 valence electrons. The fourth-order valence-electron chi connectivity index (χ4n) is 4.15. The van der Waals surface area contributed by atoms with Gasteiger partial charge in [0.15, 0.2) is 0 Å². The second kappa shape index (κ2) is 17.9. The highest BCUT2D eigenvalue weighted by Crippen LogP contribution is 2.29. The van der Waals surface area contributed by atoms with E-state index in [9.17, 15) is 18.0 Å². The average Bonchev–Trinajstić information content (AvgIpc) is 2.80. The summed E-state index contributed by atoms with van der Waals surface area (Å²) in [5.41, 5.74) is -0.379. The molecule has 1 aromatic carbocycles. The van der Waals surface area contributed by atoms with Gasteiger partial charge < -0.3 is 4.90 Å². The second-order valence-corrected chi connectivity index (χ2v) is 9.32. The third kappa shape index (κ3) is 13.7. The van der Waals surface area contributed by atoms with Crippen LogP contribution in [0, 0.1) is 0 Å². The summed E-state index contributed by atoms with van der Waals surface area (Å²) in [6, 6.07) is 4.60. The van der Waals surface area contributed by atoms with Crippen molar-refractivity contribution >= 4 is 5.91 Å². The molecule has 5 heteroatoms. The van der Waals surface area contributed by atoms with Crippen LogP contribution < -0.4 is 0 Å². The van der Waals surface area contributed by atoms with E-state index in [1.54, 1.807) is 0 Å². The van der Waals surface area contributed by atoms with Crippen LogP contribution in [-0.2, 0) is 6.18 Å². The smallest absolute Gasteiger partial charge is 0.339 e. The molecule has 1 amide bonds. The molecule has 0 saturated heterocycles. The minimum absolute atomic E-state index is 0.160. The van der Waals surface area contributed by atoms with E-state index in [0.29, 0.717) is 18.7 Å². The number of unbranched alkanes of at least 4 members (excludes halogenated alkanes) is 14. The van der Waals surface area contributed by atoms with Crippen LogP contribution in [0.4, 0.5) is 13.2 Å². The normalized spacial score (nSPS) is 11.7. The monoisotopic (exact) mass is 469 g/mol. The van der Waals surface area contributed by atoms with E-state index >= 15 is 0 Å². The summed E-state index contributed by atoms with van der Waals surface area (Å²) in [6.45, 7) is 5.67. The number of hydrogen-bond acceptors (Lipinski definition) is 1. The van der Waals surface area contributed by atoms with Crippen LogP contribution in [0.2, 0.25) is 0 Å². The van der Waals surface area contributed by atoms with Gasteiger partial charge >= 0.3 is 6.18 Å². The van der Waals surface area contributed by atoms with Gasteiger partial charge in [0.2, 0.25) is 0 Å². The third-order valence-corrected chi connectivity index (χ3v) is 6.31. The summed E-state index contributed by atoms with van der Waals surface area (Å²) in [7, 11) is 0. The SMILES string of the molecule is CCCCCCCCCCCCCCCCN(CCCC)C(=O)c1ccc(C(F)(F)F)cc1. The van der Waals surface area contributed by atoms with E-state index in [1.807, 2.05) is 4.90 Å². The van der Waals surface area contributed by atoms with Crippen LogP contribution >= 0.6 is 0 Å².